The number of nitrogens with zero attached hydrogens (tertiary/aromatic N) is 4. The molecule has 0 spiro atoms. The van der Waals surface area contributed by atoms with Crippen molar-refractivity contribution in [2.75, 3.05) is 11.7 Å². The third-order valence-corrected chi connectivity index (χ3v) is 6.03. The number of nitrogens with one attached hydrogen (secondary N) is 1. The zero-order valence-corrected chi connectivity index (χ0v) is 17.8. The van der Waals surface area contributed by atoms with Crippen LogP contribution in [0.2, 0.25) is 0 Å². The molecule has 0 amide bonds. The molecule has 1 saturated heterocycles. The molecule has 1 aromatic carbocycles. The Morgan fingerprint density at radius 2 is 1.75 bits per heavy atom. The number of pyridine rings is 2. The van der Waals surface area contributed by atoms with Gasteiger partial charge in [-0.2, -0.15) is 0 Å². The number of anilines is 1. The molecule has 0 unspecified atom stereocenters. The average Bonchev–Trinajstić information content (AvgIpc) is 3.57. The average molecular weight is 442 g/mol. The predicted molar refractivity (Wildman–Crippen MR) is 124 cm³/mol. The molecule has 2 atom stereocenters. The summed E-state index contributed by atoms with van der Waals surface area (Å²) in [5.74, 6) is 2.29. The van der Waals surface area contributed by atoms with E-state index in [1.165, 1.54) is 0 Å². The van der Waals surface area contributed by atoms with E-state index in [1.54, 1.807) is 12.4 Å². The highest BCUT2D eigenvalue weighted by molar-refractivity contribution is 7.80. The van der Waals surface area contributed by atoms with Crippen LogP contribution in [0.4, 0.5) is 5.69 Å². The minimum Gasteiger partial charge on any atom is -0.454 e. The summed E-state index contributed by atoms with van der Waals surface area (Å²) in [5, 5.41) is 4.12. The van der Waals surface area contributed by atoms with Crippen LogP contribution in [-0.4, -0.2) is 26.4 Å². The van der Waals surface area contributed by atoms with Crippen molar-refractivity contribution in [3.05, 3.63) is 96.7 Å². The van der Waals surface area contributed by atoms with Crippen LogP contribution in [0, 0.1) is 0 Å². The summed E-state index contributed by atoms with van der Waals surface area (Å²) in [6.07, 6.45) is 5.62. The van der Waals surface area contributed by atoms with Crippen LogP contribution in [0.15, 0.2) is 85.3 Å². The summed E-state index contributed by atoms with van der Waals surface area (Å²) in [7, 11) is 0. The molecule has 2 aliphatic heterocycles. The van der Waals surface area contributed by atoms with Crippen molar-refractivity contribution < 1.29 is 9.47 Å². The molecule has 0 saturated carbocycles. The van der Waals surface area contributed by atoms with Gasteiger partial charge < -0.3 is 24.3 Å². The standard InChI is InChI=1S/C24H19N5O2S/c32-24-27-22(17-6-1-3-11-25-17)23(18-7-5-13-28(18)21-8-2-4-12-26-21)29(24)16-9-10-19-20(14-16)31-15-30-19/h1-14,22-23H,15H2,(H,27,32)/t22-,23-/m0/s1. The second-order valence-electron chi connectivity index (χ2n) is 7.53. The number of hydrogen-bond acceptors (Lipinski definition) is 5. The van der Waals surface area contributed by atoms with E-state index >= 15 is 0 Å². The molecule has 158 valence electrons. The van der Waals surface area contributed by atoms with Crippen molar-refractivity contribution in [1.29, 1.82) is 0 Å². The van der Waals surface area contributed by atoms with Crippen LogP contribution in [0.3, 0.4) is 0 Å². The topological polar surface area (TPSA) is 64.4 Å². The molecule has 32 heavy (non-hydrogen) atoms. The van der Waals surface area contributed by atoms with Crippen molar-refractivity contribution in [3.8, 4) is 17.3 Å². The van der Waals surface area contributed by atoms with Gasteiger partial charge in [0.15, 0.2) is 16.6 Å². The van der Waals surface area contributed by atoms with E-state index in [0.29, 0.717) is 10.9 Å². The van der Waals surface area contributed by atoms with Gasteiger partial charge in [0.25, 0.3) is 0 Å². The van der Waals surface area contributed by atoms with Crippen LogP contribution in [0.5, 0.6) is 11.5 Å². The van der Waals surface area contributed by atoms with Crippen molar-refractivity contribution in [2.45, 2.75) is 12.1 Å². The Labute approximate surface area is 190 Å². The van der Waals surface area contributed by atoms with E-state index in [2.05, 4.69) is 30.8 Å². The van der Waals surface area contributed by atoms with Crippen LogP contribution in [0.1, 0.15) is 23.5 Å². The molecule has 0 aliphatic carbocycles. The van der Waals surface area contributed by atoms with Gasteiger partial charge in [0.05, 0.1) is 11.7 Å². The summed E-state index contributed by atoms with van der Waals surface area (Å²) in [6.45, 7) is 0.226. The van der Waals surface area contributed by atoms with Gasteiger partial charge in [0.1, 0.15) is 11.9 Å². The number of thiocarbonyl (C=S) groups is 1. The van der Waals surface area contributed by atoms with Gasteiger partial charge in [-0.3, -0.25) is 4.98 Å². The summed E-state index contributed by atoms with van der Waals surface area (Å²) in [4.78, 5) is 11.3. The quantitative estimate of drug-likeness (QED) is 0.477. The first-order valence-corrected chi connectivity index (χ1v) is 10.7. The summed E-state index contributed by atoms with van der Waals surface area (Å²) in [5.41, 5.74) is 2.88. The van der Waals surface area contributed by atoms with Gasteiger partial charge in [-0.15, -0.1) is 0 Å². The maximum absolute atomic E-state index is 5.83. The molecule has 3 aromatic heterocycles. The minimum atomic E-state index is -0.158. The van der Waals surface area contributed by atoms with Crippen LogP contribution in [-0.2, 0) is 0 Å². The second-order valence-corrected chi connectivity index (χ2v) is 7.91. The fourth-order valence-electron chi connectivity index (χ4n) is 4.31. The van der Waals surface area contributed by atoms with E-state index in [0.717, 1.165) is 28.6 Å². The van der Waals surface area contributed by atoms with E-state index in [9.17, 15) is 0 Å². The van der Waals surface area contributed by atoms with Crippen LogP contribution >= 0.6 is 12.2 Å². The zero-order chi connectivity index (χ0) is 21.5. The lowest BCUT2D eigenvalue weighted by Gasteiger charge is -2.29. The van der Waals surface area contributed by atoms with Gasteiger partial charge >= 0.3 is 0 Å². The molecule has 6 rings (SSSR count). The minimum absolute atomic E-state index is 0.147. The van der Waals surface area contributed by atoms with Gasteiger partial charge in [-0.05, 0) is 60.7 Å². The lowest BCUT2D eigenvalue weighted by atomic mass is 10.0. The van der Waals surface area contributed by atoms with Gasteiger partial charge in [-0.25, -0.2) is 4.98 Å². The maximum Gasteiger partial charge on any atom is 0.231 e. The zero-order valence-electron chi connectivity index (χ0n) is 17.0. The highest BCUT2D eigenvalue weighted by Crippen LogP contribution is 2.44. The Balaban J connectivity index is 1.50. The molecule has 2 aliphatic rings. The Kier molecular flexibility index (Phi) is 4.50. The van der Waals surface area contributed by atoms with Gasteiger partial charge in [0.2, 0.25) is 6.79 Å². The number of aromatic nitrogens is 3. The molecule has 1 fully saturated rings. The number of fused-ring (bicyclic) bond motifs is 1. The predicted octanol–water partition coefficient (Wildman–Crippen LogP) is 4.17. The number of ether oxygens (including phenoxy) is 2. The SMILES string of the molecule is S=C1N[C@@H](c2ccccn2)[C@H](c2cccn2-c2ccccn2)N1c1ccc2c(c1)OCO2. The Morgan fingerprint density at radius 3 is 2.56 bits per heavy atom. The molecule has 0 bridgehead atoms. The van der Waals surface area contributed by atoms with Gasteiger partial charge in [-0.1, -0.05) is 12.1 Å². The Morgan fingerprint density at radius 1 is 0.906 bits per heavy atom. The maximum atomic E-state index is 5.83. The van der Waals surface area contributed by atoms with Crippen molar-refractivity contribution in [2.24, 2.45) is 0 Å². The van der Waals surface area contributed by atoms with Crippen molar-refractivity contribution >= 4 is 23.0 Å². The van der Waals surface area contributed by atoms with Crippen molar-refractivity contribution in [3.63, 3.8) is 0 Å². The smallest absolute Gasteiger partial charge is 0.231 e. The third-order valence-electron chi connectivity index (χ3n) is 5.71. The first-order chi connectivity index (χ1) is 15.8. The van der Waals surface area contributed by atoms with E-state index in [-0.39, 0.29) is 18.9 Å². The van der Waals surface area contributed by atoms with Crippen LogP contribution in [0.25, 0.3) is 5.82 Å². The van der Waals surface area contributed by atoms with Crippen molar-refractivity contribution in [1.82, 2.24) is 19.9 Å². The summed E-state index contributed by atoms with van der Waals surface area (Å²) >= 11 is 5.83. The fourth-order valence-corrected chi connectivity index (χ4v) is 4.65. The highest BCUT2D eigenvalue weighted by Gasteiger charge is 2.42. The summed E-state index contributed by atoms with van der Waals surface area (Å²) in [6, 6.07) is 21.5. The lowest BCUT2D eigenvalue weighted by molar-refractivity contribution is 0.174. The molecule has 5 heterocycles. The number of rotatable bonds is 4. The molecular weight excluding hydrogens is 422 g/mol. The normalized spacial score (nSPS) is 19.2. The summed E-state index contributed by atoms with van der Waals surface area (Å²) < 4.78 is 13.2. The Hall–Kier alpha value is -3.91. The molecule has 1 N–H and O–H groups in total. The highest BCUT2D eigenvalue weighted by atomic mass is 32.1. The lowest BCUT2D eigenvalue weighted by Crippen LogP contribution is -2.30. The first kappa shape index (κ1) is 18.8. The van der Waals surface area contributed by atoms with E-state index in [1.807, 2.05) is 66.9 Å². The monoisotopic (exact) mass is 441 g/mol. The molecule has 7 nitrogen and oxygen atoms in total. The molecule has 0 radical (unpaired) electrons. The molecule has 8 heteroatoms. The molecule has 4 aromatic rings. The van der Waals surface area contributed by atoms with Crippen LogP contribution < -0.4 is 19.7 Å². The van der Waals surface area contributed by atoms with Gasteiger partial charge in [0, 0.05) is 36.0 Å². The molecular formula is C24H19N5O2S. The largest absolute Gasteiger partial charge is 0.454 e. The Bertz CT molecular complexity index is 1280. The van der Waals surface area contributed by atoms with E-state index in [4.69, 9.17) is 21.7 Å². The third kappa shape index (κ3) is 3.07. The second kappa shape index (κ2) is 7.65. The fraction of sp³-hybridized carbons (Fsp3) is 0.125. The first-order valence-electron chi connectivity index (χ1n) is 10.3. The number of benzene rings is 1. The van der Waals surface area contributed by atoms with E-state index < -0.39 is 0 Å². The number of hydrogen-bond donors (Lipinski definition) is 1.